The lowest BCUT2D eigenvalue weighted by Gasteiger charge is -2.22. The second kappa shape index (κ2) is 10.3. The number of hydrogen-bond donors (Lipinski definition) is 0. The molecule has 2 aromatic carbocycles. The van der Waals surface area contributed by atoms with Crippen molar-refractivity contribution in [3.8, 4) is 0 Å². The second-order valence-electron chi connectivity index (χ2n) is 6.56. The first-order valence-corrected chi connectivity index (χ1v) is 9.08. The molecule has 0 aromatic heterocycles. The fraction of sp³-hybridized carbons (Fsp3) is 0.318. The Morgan fingerprint density at radius 3 is 2.18 bits per heavy atom. The van der Waals surface area contributed by atoms with E-state index >= 15 is 0 Å². The molecule has 28 heavy (non-hydrogen) atoms. The first kappa shape index (κ1) is 21.3. The molecule has 5 nitrogen and oxygen atoms in total. The van der Waals surface area contributed by atoms with Gasteiger partial charge >= 0.3 is 5.97 Å². The fourth-order valence-corrected chi connectivity index (χ4v) is 2.69. The molecule has 6 heteroatoms. The van der Waals surface area contributed by atoms with Gasteiger partial charge in [-0.05, 0) is 24.6 Å². The first-order chi connectivity index (χ1) is 13.4. The van der Waals surface area contributed by atoms with E-state index in [2.05, 4.69) is 4.74 Å². The maximum absolute atomic E-state index is 13.1. The maximum atomic E-state index is 13.1. The van der Waals surface area contributed by atoms with Gasteiger partial charge in [-0.3, -0.25) is 14.4 Å². The molecule has 0 N–H and O–H groups in total. The van der Waals surface area contributed by atoms with Crippen LogP contribution >= 0.6 is 0 Å². The third kappa shape index (κ3) is 6.61. The van der Waals surface area contributed by atoms with Crippen molar-refractivity contribution in [2.45, 2.75) is 32.7 Å². The summed E-state index contributed by atoms with van der Waals surface area (Å²) >= 11 is 0. The summed E-state index contributed by atoms with van der Waals surface area (Å²) in [5.74, 6) is -1.13. The summed E-state index contributed by atoms with van der Waals surface area (Å²) in [6.45, 7) is 2.34. The average Bonchev–Trinajstić information content (AvgIpc) is 2.70. The lowest BCUT2D eigenvalue weighted by Crippen LogP contribution is -2.33. The summed E-state index contributed by atoms with van der Waals surface area (Å²) in [7, 11) is 1.29. The summed E-state index contributed by atoms with van der Waals surface area (Å²) in [5, 5.41) is 0. The van der Waals surface area contributed by atoms with E-state index in [1.165, 1.54) is 24.1 Å². The summed E-state index contributed by atoms with van der Waals surface area (Å²) in [4.78, 5) is 37.9. The van der Waals surface area contributed by atoms with E-state index in [4.69, 9.17) is 0 Å². The van der Waals surface area contributed by atoms with Gasteiger partial charge in [0.05, 0.1) is 13.5 Å². The number of aryl methyl sites for hydroxylation is 1. The number of esters is 1. The normalized spacial score (nSPS) is 10.4. The average molecular weight is 385 g/mol. The quantitative estimate of drug-likeness (QED) is 0.488. The van der Waals surface area contributed by atoms with Crippen LogP contribution in [-0.2, 0) is 20.9 Å². The Morgan fingerprint density at radius 1 is 0.929 bits per heavy atom. The van der Waals surface area contributed by atoms with Crippen molar-refractivity contribution in [2.75, 3.05) is 13.7 Å². The number of carbonyl (C=O) groups excluding carboxylic acids is 3. The second-order valence-corrected chi connectivity index (χ2v) is 6.56. The monoisotopic (exact) mass is 385 g/mol. The van der Waals surface area contributed by atoms with Crippen LogP contribution in [0.25, 0.3) is 0 Å². The number of methoxy groups -OCH3 is 1. The molecule has 148 valence electrons. The Morgan fingerprint density at radius 2 is 1.57 bits per heavy atom. The van der Waals surface area contributed by atoms with Gasteiger partial charge in [-0.15, -0.1) is 0 Å². The fourth-order valence-electron chi connectivity index (χ4n) is 2.69. The molecule has 0 aliphatic rings. The van der Waals surface area contributed by atoms with E-state index in [1.807, 2.05) is 19.1 Å². The lowest BCUT2D eigenvalue weighted by atomic mass is 10.0. The largest absolute Gasteiger partial charge is 0.469 e. The third-order valence-electron chi connectivity index (χ3n) is 4.39. The zero-order valence-electron chi connectivity index (χ0n) is 16.1. The number of rotatable bonds is 9. The summed E-state index contributed by atoms with van der Waals surface area (Å²) in [6, 6.07) is 13.0. The van der Waals surface area contributed by atoms with Gasteiger partial charge in [0.15, 0.2) is 5.78 Å². The van der Waals surface area contributed by atoms with Gasteiger partial charge in [0.25, 0.3) is 0 Å². The highest BCUT2D eigenvalue weighted by molar-refractivity contribution is 5.98. The van der Waals surface area contributed by atoms with E-state index in [0.717, 1.165) is 11.1 Å². The highest BCUT2D eigenvalue weighted by atomic mass is 19.1. The minimum absolute atomic E-state index is 0.0368. The smallest absolute Gasteiger partial charge is 0.307 e. The van der Waals surface area contributed by atoms with Gasteiger partial charge in [-0.2, -0.15) is 0 Å². The molecule has 0 aliphatic heterocycles. The SMILES string of the molecule is COC(=O)CCN(Cc1ccc(F)cc1)C(=O)CCC(=O)c1ccc(C)cc1. The summed E-state index contributed by atoms with van der Waals surface area (Å²) in [5.41, 5.74) is 2.36. The molecule has 0 saturated carbocycles. The Hall–Kier alpha value is -3.02. The number of amides is 1. The van der Waals surface area contributed by atoms with Gasteiger partial charge in [0, 0.05) is 31.5 Å². The molecule has 0 radical (unpaired) electrons. The molecule has 0 spiro atoms. The van der Waals surface area contributed by atoms with Crippen LogP contribution in [0.1, 0.15) is 40.7 Å². The first-order valence-electron chi connectivity index (χ1n) is 9.08. The van der Waals surface area contributed by atoms with Crippen LogP contribution < -0.4 is 0 Å². The molecular weight excluding hydrogens is 361 g/mol. The Balaban J connectivity index is 2.00. The van der Waals surface area contributed by atoms with E-state index < -0.39 is 5.97 Å². The predicted molar refractivity (Wildman–Crippen MR) is 103 cm³/mol. The van der Waals surface area contributed by atoms with E-state index in [9.17, 15) is 18.8 Å². The van der Waals surface area contributed by atoms with Crippen molar-refractivity contribution in [1.29, 1.82) is 0 Å². The molecule has 0 unspecified atom stereocenters. The standard InChI is InChI=1S/C22H24FNO4/c1-16-3-7-18(8-4-16)20(25)11-12-21(26)24(14-13-22(27)28-2)15-17-5-9-19(23)10-6-17/h3-10H,11-15H2,1-2H3. The van der Waals surface area contributed by atoms with Crippen molar-refractivity contribution in [3.63, 3.8) is 0 Å². The number of halogens is 1. The molecule has 0 heterocycles. The van der Waals surface area contributed by atoms with Gasteiger partial charge in [-0.25, -0.2) is 4.39 Å². The van der Waals surface area contributed by atoms with Crippen LogP contribution in [0.4, 0.5) is 4.39 Å². The number of benzene rings is 2. The van der Waals surface area contributed by atoms with Crippen molar-refractivity contribution < 1.29 is 23.5 Å². The molecule has 2 rings (SSSR count). The Kier molecular flexibility index (Phi) is 7.87. The molecular formula is C22H24FNO4. The molecule has 0 atom stereocenters. The van der Waals surface area contributed by atoms with Crippen LogP contribution in [0.5, 0.6) is 0 Å². The number of ketones is 1. The van der Waals surface area contributed by atoms with Gasteiger partial charge < -0.3 is 9.64 Å². The van der Waals surface area contributed by atoms with Gasteiger partial charge in [-0.1, -0.05) is 42.0 Å². The number of hydrogen-bond acceptors (Lipinski definition) is 4. The van der Waals surface area contributed by atoms with Crippen molar-refractivity contribution in [1.82, 2.24) is 4.90 Å². The van der Waals surface area contributed by atoms with E-state index in [1.54, 1.807) is 24.3 Å². The zero-order chi connectivity index (χ0) is 20.5. The number of Topliss-reactive ketones (excluding diaryl/α,β-unsaturated/α-hetero) is 1. The number of carbonyl (C=O) groups is 3. The van der Waals surface area contributed by atoms with Crippen molar-refractivity contribution >= 4 is 17.7 Å². The lowest BCUT2D eigenvalue weighted by molar-refractivity contribution is -0.142. The molecule has 0 fully saturated rings. The van der Waals surface area contributed by atoms with E-state index in [-0.39, 0.29) is 49.9 Å². The zero-order valence-corrected chi connectivity index (χ0v) is 16.1. The topological polar surface area (TPSA) is 63.7 Å². The van der Waals surface area contributed by atoms with Crippen LogP contribution in [0.3, 0.4) is 0 Å². The molecule has 0 bridgehead atoms. The van der Waals surface area contributed by atoms with Crippen molar-refractivity contribution in [2.24, 2.45) is 0 Å². The highest BCUT2D eigenvalue weighted by Crippen LogP contribution is 2.12. The minimum Gasteiger partial charge on any atom is -0.469 e. The van der Waals surface area contributed by atoms with Crippen LogP contribution in [0.2, 0.25) is 0 Å². The van der Waals surface area contributed by atoms with Gasteiger partial charge in [0.2, 0.25) is 5.91 Å². The number of nitrogens with zero attached hydrogens (tertiary/aromatic N) is 1. The third-order valence-corrected chi connectivity index (χ3v) is 4.39. The van der Waals surface area contributed by atoms with Crippen LogP contribution in [-0.4, -0.2) is 36.2 Å². The van der Waals surface area contributed by atoms with Crippen LogP contribution in [0, 0.1) is 12.7 Å². The highest BCUT2D eigenvalue weighted by Gasteiger charge is 2.18. The molecule has 1 amide bonds. The number of ether oxygens (including phenoxy) is 1. The Bertz CT molecular complexity index is 815. The summed E-state index contributed by atoms with van der Waals surface area (Å²) < 4.78 is 17.7. The van der Waals surface area contributed by atoms with E-state index in [0.29, 0.717) is 5.56 Å². The molecule has 2 aromatic rings. The molecule has 0 saturated heterocycles. The molecule has 0 aliphatic carbocycles. The van der Waals surface area contributed by atoms with Crippen molar-refractivity contribution in [3.05, 3.63) is 71.0 Å². The van der Waals surface area contributed by atoms with Gasteiger partial charge in [0.1, 0.15) is 5.82 Å². The summed E-state index contributed by atoms with van der Waals surface area (Å²) in [6.07, 6.45) is 0.171. The maximum Gasteiger partial charge on any atom is 0.307 e. The minimum atomic E-state index is -0.423. The van der Waals surface area contributed by atoms with Crippen LogP contribution in [0.15, 0.2) is 48.5 Å². The Labute approximate surface area is 164 Å². The predicted octanol–water partition coefficient (Wildman–Crippen LogP) is 3.69.